The van der Waals surface area contributed by atoms with Gasteiger partial charge >= 0.3 is 0 Å². The van der Waals surface area contributed by atoms with Gasteiger partial charge in [0.2, 0.25) is 5.91 Å². The normalized spacial score (nSPS) is 22.0. The van der Waals surface area contributed by atoms with Gasteiger partial charge in [0.25, 0.3) is 0 Å². The average molecular weight is 230 g/mol. The van der Waals surface area contributed by atoms with Crippen molar-refractivity contribution in [2.75, 3.05) is 33.4 Å². The summed E-state index contributed by atoms with van der Waals surface area (Å²) in [6, 6.07) is 0.232. The smallest absolute Gasteiger partial charge is 0.234 e. The molecule has 0 aromatic rings. The van der Waals surface area contributed by atoms with Gasteiger partial charge in [0, 0.05) is 26.3 Å². The third kappa shape index (κ3) is 4.92. The lowest BCUT2D eigenvalue weighted by molar-refractivity contribution is -0.120. The van der Waals surface area contributed by atoms with Crippen molar-refractivity contribution < 1.29 is 14.3 Å². The molecule has 1 aliphatic heterocycles. The molecule has 16 heavy (non-hydrogen) atoms. The number of carbonyl (C=O) groups is 1. The van der Waals surface area contributed by atoms with Crippen molar-refractivity contribution in [1.82, 2.24) is 10.6 Å². The lowest BCUT2D eigenvalue weighted by Crippen LogP contribution is -2.43. The van der Waals surface area contributed by atoms with Crippen LogP contribution >= 0.6 is 0 Å². The summed E-state index contributed by atoms with van der Waals surface area (Å²) in [5, 5.41) is 5.94. The molecule has 1 rings (SSSR count). The number of amides is 1. The fraction of sp³-hybridized carbons (Fsp3) is 0.909. The summed E-state index contributed by atoms with van der Waals surface area (Å²) >= 11 is 0. The van der Waals surface area contributed by atoms with E-state index in [4.69, 9.17) is 9.47 Å². The summed E-state index contributed by atoms with van der Waals surface area (Å²) in [7, 11) is 1.61. The number of carbonyl (C=O) groups excluding carboxylic acids is 1. The molecule has 0 aromatic carbocycles. The van der Waals surface area contributed by atoms with Crippen LogP contribution in [0, 0.1) is 0 Å². The van der Waals surface area contributed by atoms with Gasteiger partial charge in [0.15, 0.2) is 0 Å². The number of nitrogens with one attached hydrogen (secondary N) is 2. The standard InChI is InChI=1S/C11H22N2O3/c1-9(10-4-3-6-16-10)13-8-11(14)12-5-7-15-2/h9-10,13H,3-8H2,1-2H3,(H,12,14). The lowest BCUT2D eigenvalue weighted by atomic mass is 10.1. The Morgan fingerprint density at radius 1 is 1.62 bits per heavy atom. The highest BCUT2D eigenvalue weighted by Gasteiger charge is 2.22. The Balaban J connectivity index is 2.06. The Labute approximate surface area is 96.9 Å². The lowest BCUT2D eigenvalue weighted by Gasteiger charge is -2.19. The zero-order valence-corrected chi connectivity index (χ0v) is 10.1. The van der Waals surface area contributed by atoms with Gasteiger partial charge in [-0.2, -0.15) is 0 Å². The molecule has 1 aliphatic rings. The predicted octanol–water partition coefficient (Wildman–Crippen LogP) is -0.0939. The molecule has 5 nitrogen and oxygen atoms in total. The summed E-state index contributed by atoms with van der Waals surface area (Å²) in [6.07, 6.45) is 2.46. The second-order valence-corrected chi connectivity index (χ2v) is 4.06. The molecule has 0 aliphatic carbocycles. The zero-order valence-electron chi connectivity index (χ0n) is 10.1. The quantitative estimate of drug-likeness (QED) is 0.600. The van der Waals surface area contributed by atoms with E-state index in [2.05, 4.69) is 17.6 Å². The van der Waals surface area contributed by atoms with E-state index in [1.807, 2.05) is 0 Å². The molecule has 0 radical (unpaired) electrons. The third-order valence-electron chi connectivity index (χ3n) is 2.74. The SMILES string of the molecule is COCCNC(=O)CNC(C)C1CCCO1. The molecule has 1 saturated heterocycles. The van der Waals surface area contributed by atoms with Gasteiger partial charge in [-0.3, -0.25) is 4.79 Å². The first-order valence-electron chi connectivity index (χ1n) is 5.84. The second-order valence-electron chi connectivity index (χ2n) is 4.06. The van der Waals surface area contributed by atoms with E-state index < -0.39 is 0 Å². The zero-order chi connectivity index (χ0) is 11.8. The van der Waals surface area contributed by atoms with Crippen LogP contribution in [0.4, 0.5) is 0 Å². The number of hydrogen-bond donors (Lipinski definition) is 2. The predicted molar refractivity (Wildman–Crippen MR) is 61.3 cm³/mol. The van der Waals surface area contributed by atoms with Gasteiger partial charge in [0.05, 0.1) is 19.3 Å². The van der Waals surface area contributed by atoms with Crippen molar-refractivity contribution in [3.05, 3.63) is 0 Å². The minimum Gasteiger partial charge on any atom is -0.383 e. The Kier molecular flexibility index (Phi) is 6.37. The van der Waals surface area contributed by atoms with Crippen LogP contribution in [-0.2, 0) is 14.3 Å². The van der Waals surface area contributed by atoms with E-state index >= 15 is 0 Å². The van der Waals surface area contributed by atoms with E-state index in [1.165, 1.54) is 0 Å². The maximum Gasteiger partial charge on any atom is 0.234 e. The molecule has 0 bridgehead atoms. The number of hydrogen-bond acceptors (Lipinski definition) is 4. The van der Waals surface area contributed by atoms with Crippen LogP contribution < -0.4 is 10.6 Å². The van der Waals surface area contributed by atoms with E-state index in [0.717, 1.165) is 19.4 Å². The maximum absolute atomic E-state index is 11.4. The molecule has 1 fully saturated rings. The van der Waals surface area contributed by atoms with Gasteiger partial charge in [-0.25, -0.2) is 0 Å². The molecule has 2 N–H and O–H groups in total. The van der Waals surface area contributed by atoms with Crippen molar-refractivity contribution >= 4 is 5.91 Å². The minimum absolute atomic E-state index is 0.00176. The van der Waals surface area contributed by atoms with Crippen LogP contribution in [0.15, 0.2) is 0 Å². The molecule has 0 spiro atoms. The molecular formula is C11H22N2O3. The van der Waals surface area contributed by atoms with Gasteiger partial charge in [-0.1, -0.05) is 0 Å². The van der Waals surface area contributed by atoms with E-state index in [-0.39, 0.29) is 18.1 Å². The third-order valence-corrected chi connectivity index (χ3v) is 2.74. The van der Waals surface area contributed by atoms with Gasteiger partial charge < -0.3 is 20.1 Å². The summed E-state index contributed by atoms with van der Waals surface area (Å²) in [6.45, 7) is 4.35. The molecule has 2 atom stereocenters. The number of ether oxygens (including phenoxy) is 2. The van der Waals surface area contributed by atoms with Crippen molar-refractivity contribution in [3.8, 4) is 0 Å². The highest BCUT2D eigenvalue weighted by molar-refractivity contribution is 5.77. The molecule has 2 unspecified atom stereocenters. The monoisotopic (exact) mass is 230 g/mol. The van der Waals surface area contributed by atoms with Crippen molar-refractivity contribution in [3.63, 3.8) is 0 Å². The Bertz CT molecular complexity index is 205. The largest absolute Gasteiger partial charge is 0.383 e. The molecule has 0 saturated carbocycles. The van der Waals surface area contributed by atoms with Crippen LogP contribution in [0.1, 0.15) is 19.8 Å². The second kappa shape index (κ2) is 7.60. The van der Waals surface area contributed by atoms with E-state index in [0.29, 0.717) is 19.7 Å². The van der Waals surface area contributed by atoms with Gasteiger partial charge in [-0.15, -0.1) is 0 Å². The highest BCUT2D eigenvalue weighted by atomic mass is 16.5. The fourth-order valence-corrected chi connectivity index (χ4v) is 1.74. The average Bonchev–Trinajstić information content (AvgIpc) is 2.79. The van der Waals surface area contributed by atoms with Crippen molar-refractivity contribution in [2.24, 2.45) is 0 Å². The number of rotatable bonds is 7. The van der Waals surface area contributed by atoms with E-state index in [1.54, 1.807) is 7.11 Å². The number of methoxy groups -OCH3 is 1. The summed E-state index contributed by atoms with van der Waals surface area (Å²) in [5.74, 6) is 0.00176. The van der Waals surface area contributed by atoms with Gasteiger partial charge in [-0.05, 0) is 19.8 Å². The fourth-order valence-electron chi connectivity index (χ4n) is 1.74. The van der Waals surface area contributed by atoms with Crippen molar-refractivity contribution in [1.29, 1.82) is 0 Å². The molecule has 5 heteroatoms. The minimum atomic E-state index is 0.00176. The Morgan fingerprint density at radius 2 is 2.44 bits per heavy atom. The maximum atomic E-state index is 11.4. The highest BCUT2D eigenvalue weighted by Crippen LogP contribution is 2.14. The first-order valence-corrected chi connectivity index (χ1v) is 5.84. The Hall–Kier alpha value is -0.650. The first-order chi connectivity index (χ1) is 7.74. The molecule has 94 valence electrons. The van der Waals surface area contributed by atoms with Crippen molar-refractivity contribution in [2.45, 2.75) is 31.9 Å². The molecule has 1 amide bonds. The van der Waals surface area contributed by atoms with Crippen LogP contribution in [0.3, 0.4) is 0 Å². The van der Waals surface area contributed by atoms with Crippen LogP contribution in [0.2, 0.25) is 0 Å². The van der Waals surface area contributed by atoms with E-state index in [9.17, 15) is 4.79 Å². The van der Waals surface area contributed by atoms with Crippen LogP contribution in [-0.4, -0.2) is 51.5 Å². The van der Waals surface area contributed by atoms with Crippen LogP contribution in [0.25, 0.3) is 0 Å². The summed E-state index contributed by atoms with van der Waals surface area (Å²) in [5.41, 5.74) is 0. The summed E-state index contributed by atoms with van der Waals surface area (Å²) in [4.78, 5) is 11.4. The Morgan fingerprint density at radius 3 is 3.06 bits per heavy atom. The van der Waals surface area contributed by atoms with Crippen LogP contribution in [0.5, 0.6) is 0 Å². The molecule has 1 heterocycles. The first kappa shape index (κ1) is 13.4. The molecule has 0 aromatic heterocycles. The topological polar surface area (TPSA) is 59.6 Å². The summed E-state index contributed by atoms with van der Waals surface area (Å²) < 4.78 is 10.4. The van der Waals surface area contributed by atoms with Gasteiger partial charge in [0.1, 0.15) is 0 Å². The molecular weight excluding hydrogens is 208 g/mol.